The fraction of sp³-hybridized carbons (Fsp3) is 0.100. The molecule has 5 nitrogen and oxygen atoms in total. The van der Waals surface area contributed by atoms with Gasteiger partial charge in [-0.25, -0.2) is 9.97 Å². The van der Waals surface area contributed by atoms with E-state index in [2.05, 4.69) is 30.9 Å². The average molecular weight is 313 g/mol. The third-order valence-corrected chi connectivity index (χ3v) is 3.34. The molecule has 2 N–H and O–H groups in total. The van der Waals surface area contributed by atoms with Crippen LogP contribution in [0.2, 0.25) is 0 Å². The summed E-state index contributed by atoms with van der Waals surface area (Å²) in [5, 5.41) is 1.44. The minimum Gasteiger partial charge on any atom is -0.479 e. The van der Waals surface area contributed by atoms with Gasteiger partial charge in [0, 0.05) is 10.7 Å². The molecule has 0 aliphatic heterocycles. The monoisotopic (exact) mass is 312 g/mol. The van der Waals surface area contributed by atoms with E-state index in [0.717, 1.165) is 9.50 Å². The maximum atomic E-state index is 5.86. The highest BCUT2D eigenvalue weighted by molar-refractivity contribution is 9.10. The fourth-order valence-corrected chi connectivity index (χ4v) is 2.10. The highest BCUT2D eigenvalue weighted by atomic mass is 79.9. The van der Waals surface area contributed by atoms with Crippen LogP contribution in [0.1, 0.15) is 0 Å². The van der Waals surface area contributed by atoms with Crippen LogP contribution in [-0.4, -0.2) is 22.1 Å². The van der Waals surface area contributed by atoms with Gasteiger partial charge in [0.2, 0.25) is 5.88 Å². The van der Waals surface area contributed by atoms with Crippen LogP contribution in [0.25, 0.3) is 0 Å². The summed E-state index contributed by atoms with van der Waals surface area (Å²) in [5.41, 5.74) is 6.28. The summed E-state index contributed by atoms with van der Waals surface area (Å²) >= 11 is 4.69. The first kappa shape index (κ1) is 12.1. The predicted octanol–water partition coefficient (Wildman–Crippen LogP) is 2.38. The Labute approximate surface area is 111 Å². The molecule has 0 atom stereocenters. The SMILES string of the molecule is COc1ncnc(Sc2ccc(Br)cn2)c1N. The molecule has 0 aliphatic carbocycles. The van der Waals surface area contributed by atoms with Crippen LogP contribution in [0.15, 0.2) is 39.2 Å². The van der Waals surface area contributed by atoms with Crippen molar-refractivity contribution >= 4 is 33.4 Å². The van der Waals surface area contributed by atoms with Gasteiger partial charge in [0.05, 0.1) is 7.11 Å². The highest BCUT2D eigenvalue weighted by Crippen LogP contribution is 2.32. The summed E-state index contributed by atoms with van der Waals surface area (Å²) in [7, 11) is 1.52. The van der Waals surface area contributed by atoms with Crippen LogP contribution in [0.4, 0.5) is 5.69 Å². The van der Waals surface area contributed by atoms with E-state index in [1.54, 1.807) is 6.20 Å². The molecular formula is C10H9BrN4OS. The third-order valence-electron chi connectivity index (χ3n) is 1.91. The lowest BCUT2D eigenvalue weighted by atomic mass is 10.5. The molecule has 0 saturated heterocycles. The van der Waals surface area contributed by atoms with Crippen molar-refractivity contribution in [2.75, 3.05) is 12.8 Å². The largest absolute Gasteiger partial charge is 0.479 e. The van der Waals surface area contributed by atoms with Crippen molar-refractivity contribution in [3.63, 3.8) is 0 Å². The van der Waals surface area contributed by atoms with E-state index in [1.807, 2.05) is 12.1 Å². The van der Waals surface area contributed by atoms with Crippen LogP contribution >= 0.6 is 27.7 Å². The zero-order valence-electron chi connectivity index (χ0n) is 8.92. The second-order valence-corrected chi connectivity index (χ2v) is 4.94. The van der Waals surface area contributed by atoms with Crippen molar-refractivity contribution in [2.45, 2.75) is 10.1 Å². The first-order valence-electron chi connectivity index (χ1n) is 4.64. The van der Waals surface area contributed by atoms with E-state index in [1.165, 1.54) is 25.2 Å². The van der Waals surface area contributed by atoms with E-state index >= 15 is 0 Å². The highest BCUT2D eigenvalue weighted by Gasteiger charge is 2.10. The molecular weight excluding hydrogens is 304 g/mol. The van der Waals surface area contributed by atoms with Gasteiger partial charge in [0.15, 0.2) is 0 Å². The number of ether oxygens (including phenoxy) is 1. The van der Waals surface area contributed by atoms with Crippen LogP contribution in [0, 0.1) is 0 Å². The van der Waals surface area contributed by atoms with Crippen molar-refractivity contribution < 1.29 is 4.74 Å². The number of nitrogens with zero attached hydrogens (tertiary/aromatic N) is 3. The van der Waals surface area contributed by atoms with Gasteiger partial charge in [0.25, 0.3) is 0 Å². The fourth-order valence-electron chi connectivity index (χ4n) is 1.13. The van der Waals surface area contributed by atoms with Gasteiger partial charge in [-0.1, -0.05) is 0 Å². The number of halogens is 1. The number of rotatable bonds is 3. The van der Waals surface area contributed by atoms with Gasteiger partial charge in [-0.05, 0) is 39.8 Å². The van der Waals surface area contributed by atoms with Gasteiger partial charge in [-0.2, -0.15) is 4.98 Å². The molecule has 0 spiro atoms. The van der Waals surface area contributed by atoms with Crippen LogP contribution in [-0.2, 0) is 0 Å². The number of nitrogens with two attached hydrogens (primary N) is 1. The summed E-state index contributed by atoms with van der Waals surface area (Å²) in [4.78, 5) is 12.2. The van der Waals surface area contributed by atoms with Crippen molar-refractivity contribution in [2.24, 2.45) is 0 Å². The van der Waals surface area contributed by atoms with Crippen LogP contribution in [0.3, 0.4) is 0 Å². The molecule has 0 fully saturated rings. The number of methoxy groups -OCH3 is 1. The molecule has 2 aromatic rings. The molecule has 0 amide bonds. The Hall–Kier alpha value is -1.34. The molecule has 0 bridgehead atoms. The summed E-state index contributed by atoms with van der Waals surface area (Å²) in [6.07, 6.45) is 3.13. The van der Waals surface area contributed by atoms with E-state index in [0.29, 0.717) is 16.6 Å². The van der Waals surface area contributed by atoms with Crippen molar-refractivity contribution in [3.8, 4) is 5.88 Å². The minimum atomic E-state index is 0.375. The number of hydrogen-bond donors (Lipinski definition) is 1. The first-order chi connectivity index (χ1) is 8.20. The smallest absolute Gasteiger partial charge is 0.241 e. The lowest BCUT2D eigenvalue weighted by molar-refractivity contribution is 0.397. The predicted molar refractivity (Wildman–Crippen MR) is 69.1 cm³/mol. The number of anilines is 1. The van der Waals surface area contributed by atoms with Gasteiger partial charge in [0.1, 0.15) is 22.1 Å². The Morgan fingerprint density at radius 2 is 2.12 bits per heavy atom. The van der Waals surface area contributed by atoms with Gasteiger partial charge in [-0.3, -0.25) is 0 Å². The van der Waals surface area contributed by atoms with Gasteiger partial charge >= 0.3 is 0 Å². The topological polar surface area (TPSA) is 73.9 Å². The van der Waals surface area contributed by atoms with Crippen LogP contribution < -0.4 is 10.5 Å². The standard InChI is InChI=1S/C10H9BrN4OS/c1-16-9-8(12)10(15-5-14-9)17-7-3-2-6(11)4-13-7/h2-5H,12H2,1H3. The molecule has 0 aromatic carbocycles. The Bertz CT molecular complexity index is 520. The number of hydrogen-bond acceptors (Lipinski definition) is 6. The molecule has 0 radical (unpaired) electrons. The van der Waals surface area contributed by atoms with Crippen molar-refractivity contribution in [1.29, 1.82) is 0 Å². The summed E-state index contributed by atoms with van der Waals surface area (Å²) in [6, 6.07) is 3.78. The van der Waals surface area contributed by atoms with Crippen molar-refractivity contribution in [3.05, 3.63) is 29.1 Å². The second kappa shape index (κ2) is 5.33. The number of pyridine rings is 1. The maximum absolute atomic E-state index is 5.86. The summed E-state index contributed by atoms with van der Waals surface area (Å²) in [6.45, 7) is 0. The van der Waals surface area contributed by atoms with E-state index < -0.39 is 0 Å². The lowest BCUT2D eigenvalue weighted by Crippen LogP contribution is -1.99. The zero-order valence-corrected chi connectivity index (χ0v) is 11.3. The normalized spacial score (nSPS) is 10.2. The number of nitrogen functional groups attached to an aromatic ring is 1. The second-order valence-electron chi connectivity index (χ2n) is 3.02. The summed E-state index contributed by atoms with van der Waals surface area (Å²) in [5.74, 6) is 0.375. The Kier molecular flexibility index (Phi) is 3.80. The average Bonchev–Trinajstić information content (AvgIpc) is 2.35. The number of aromatic nitrogens is 3. The first-order valence-corrected chi connectivity index (χ1v) is 6.25. The molecule has 0 saturated carbocycles. The Morgan fingerprint density at radius 1 is 1.29 bits per heavy atom. The minimum absolute atomic E-state index is 0.375. The van der Waals surface area contributed by atoms with E-state index in [-0.39, 0.29) is 0 Å². The lowest BCUT2D eigenvalue weighted by Gasteiger charge is -2.06. The third kappa shape index (κ3) is 2.86. The van der Waals surface area contributed by atoms with Gasteiger partial charge < -0.3 is 10.5 Å². The maximum Gasteiger partial charge on any atom is 0.241 e. The van der Waals surface area contributed by atoms with Gasteiger partial charge in [-0.15, -0.1) is 0 Å². The molecule has 17 heavy (non-hydrogen) atoms. The molecule has 2 rings (SSSR count). The molecule has 2 aromatic heterocycles. The van der Waals surface area contributed by atoms with Crippen LogP contribution in [0.5, 0.6) is 5.88 Å². The molecule has 88 valence electrons. The molecule has 7 heteroatoms. The quantitative estimate of drug-likeness (QED) is 0.877. The molecule has 0 aliphatic rings. The summed E-state index contributed by atoms with van der Waals surface area (Å²) < 4.78 is 5.95. The Morgan fingerprint density at radius 3 is 2.76 bits per heavy atom. The van der Waals surface area contributed by atoms with E-state index in [4.69, 9.17) is 10.5 Å². The molecule has 0 unspecified atom stereocenters. The Balaban J connectivity index is 2.27. The zero-order chi connectivity index (χ0) is 12.3. The van der Waals surface area contributed by atoms with E-state index in [9.17, 15) is 0 Å². The molecule has 2 heterocycles. The van der Waals surface area contributed by atoms with Crippen molar-refractivity contribution in [1.82, 2.24) is 15.0 Å².